The van der Waals surface area contributed by atoms with Gasteiger partial charge in [-0.2, -0.15) is 0 Å². The number of amides is 1. The zero-order valence-electron chi connectivity index (χ0n) is 17.0. The van der Waals surface area contributed by atoms with E-state index in [1.54, 1.807) is 0 Å². The Hall–Kier alpha value is -1.06. The van der Waals surface area contributed by atoms with Crippen molar-refractivity contribution in [1.29, 1.82) is 0 Å². The maximum Gasteiger partial charge on any atom is 0.220 e. The summed E-state index contributed by atoms with van der Waals surface area (Å²) in [5, 5.41) is 4.07. The van der Waals surface area contributed by atoms with Crippen LogP contribution in [0, 0.1) is 5.92 Å². The van der Waals surface area contributed by atoms with Crippen LogP contribution in [0.5, 0.6) is 0 Å². The average Bonchev–Trinajstić information content (AvgIpc) is 2.80. The highest BCUT2D eigenvalue weighted by molar-refractivity contribution is 6.30. The van der Waals surface area contributed by atoms with Gasteiger partial charge in [-0.3, -0.25) is 4.79 Å². The third-order valence-electron chi connectivity index (χ3n) is 6.41. The Morgan fingerprint density at radius 2 is 2.04 bits per heavy atom. The summed E-state index contributed by atoms with van der Waals surface area (Å²) >= 11 is 6.22. The molecule has 1 aromatic carbocycles. The number of fused-ring (bicyclic) bond motifs is 1. The van der Waals surface area contributed by atoms with Gasteiger partial charge in [0.15, 0.2) is 0 Å². The Balaban J connectivity index is 1.42. The molecule has 0 saturated heterocycles. The highest BCUT2D eigenvalue weighted by Gasteiger charge is 2.24. The average molecular weight is 391 g/mol. The van der Waals surface area contributed by atoms with E-state index in [2.05, 4.69) is 36.2 Å². The monoisotopic (exact) mass is 390 g/mol. The Bertz CT molecular complexity index is 625. The SMILES string of the molecule is CCCC(=O)NC1CCC(CCN2CCc3ccc(Cl)cc3[C@@H](C)C2)CC1. The van der Waals surface area contributed by atoms with E-state index in [0.717, 1.165) is 49.7 Å². The van der Waals surface area contributed by atoms with Gasteiger partial charge in [0, 0.05) is 30.6 Å². The maximum atomic E-state index is 11.8. The molecule has 150 valence electrons. The summed E-state index contributed by atoms with van der Waals surface area (Å²) in [6.45, 7) is 7.88. The van der Waals surface area contributed by atoms with Crippen molar-refractivity contribution in [2.45, 2.75) is 77.2 Å². The van der Waals surface area contributed by atoms with Crippen molar-refractivity contribution in [3.05, 3.63) is 34.3 Å². The number of carbonyl (C=O) groups is 1. The Morgan fingerprint density at radius 3 is 2.78 bits per heavy atom. The van der Waals surface area contributed by atoms with Crippen molar-refractivity contribution < 1.29 is 4.79 Å². The van der Waals surface area contributed by atoms with Gasteiger partial charge in [0.25, 0.3) is 0 Å². The first-order valence-corrected chi connectivity index (χ1v) is 11.2. The number of benzene rings is 1. The molecule has 1 fully saturated rings. The lowest BCUT2D eigenvalue weighted by atomic mass is 9.84. The van der Waals surface area contributed by atoms with Crippen molar-refractivity contribution in [3.8, 4) is 0 Å². The standard InChI is InChI=1S/C23H35ClN2O/c1-3-4-23(27)25-21-9-5-18(6-10-21)11-13-26-14-12-19-7-8-20(24)15-22(19)17(2)16-26/h7-8,15,17-18,21H,3-6,9-14,16H2,1-2H3,(H,25,27)/t17-,18?,21?/m0/s1. The van der Waals surface area contributed by atoms with Crippen LogP contribution in [0.4, 0.5) is 0 Å². The van der Waals surface area contributed by atoms with Gasteiger partial charge in [0.2, 0.25) is 5.91 Å². The van der Waals surface area contributed by atoms with E-state index in [0.29, 0.717) is 18.4 Å². The molecule has 27 heavy (non-hydrogen) atoms. The first-order valence-electron chi connectivity index (χ1n) is 10.8. The summed E-state index contributed by atoms with van der Waals surface area (Å²) in [5.41, 5.74) is 2.91. The summed E-state index contributed by atoms with van der Waals surface area (Å²) in [6.07, 6.45) is 8.85. The Morgan fingerprint density at radius 1 is 1.26 bits per heavy atom. The zero-order chi connectivity index (χ0) is 19.2. The fourth-order valence-electron chi connectivity index (χ4n) is 4.80. The molecular weight excluding hydrogens is 356 g/mol. The van der Waals surface area contributed by atoms with Crippen molar-refractivity contribution in [2.75, 3.05) is 19.6 Å². The molecule has 1 aromatic rings. The molecule has 1 saturated carbocycles. The maximum absolute atomic E-state index is 11.8. The zero-order valence-corrected chi connectivity index (χ0v) is 17.7. The molecule has 1 amide bonds. The second kappa shape index (κ2) is 9.93. The topological polar surface area (TPSA) is 32.3 Å². The number of rotatable bonds is 6. The van der Waals surface area contributed by atoms with Crippen molar-refractivity contribution >= 4 is 17.5 Å². The number of hydrogen-bond acceptors (Lipinski definition) is 2. The molecule has 0 radical (unpaired) electrons. The lowest BCUT2D eigenvalue weighted by Crippen LogP contribution is -2.38. The molecule has 0 aromatic heterocycles. The van der Waals surface area contributed by atoms with E-state index in [-0.39, 0.29) is 5.91 Å². The van der Waals surface area contributed by atoms with Crippen molar-refractivity contribution in [1.82, 2.24) is 10.2 Å². The van der Waals surface area contributed by atoms with Crippen LogP contribution in [0.1, 0.15) is 75.8 Å². The van der Waals surface area contributed by atoms with E-state index in [1.807, 2.05) is 6.07 Å². The minimum atomic E-state index is 0.235. The van der Waals surface area contributed by atoms with Crippen LogP contribution in [0.3, 0.4) is 0 Å². The fraction of sp³-hybridized carbons (Fsp3) is 0.696. The lowest BCUT2D eigenvalue weighted by molar-refractivity contribution is -0.122. The van der Waals surface area contributed by atoms with Crippen LogP contribution in [-0.2, 0) is 11.2 Å². The molecule has 1 N–H and O–H groups in total. The van der Waals surface area contributed by atoms with Crippen LogP contribution in [0.15, 0.2) is 18.2 Å². The molecule has 1 heterocycles. The van der Waals surface area contributed by atoms with E-state index >= 15 is 0 Å². The molecule has 4 heteroatoms. The number of nitrogens with zero attached hydrogens (tertiary/aromatic N) is 1. The fourth-order valence-corrected chi connectivity index (χ4v) is 4.98. The van der Waals surface area contributed by atoms with Crippen LogP contribution < -0.4 is 5.32 Å². The number of halogens is 1. The molecule has 1 aliphatic heterocycles. The van der Waals surface area contributed by atoms with Gasteiger partial charge in [-0.1, -0.05) is 31.5 Å². The minimum Gasteiger partial charge on any atom is -0.353 e. The predicted octanol–water partition coefficient (Wildman–Crippen LogP) is 5.17. The van der Waals surface area contributed by atoms with E-state index < -0.39 is 0 Å². The summed E-state index contributed by atoms with van der Waals surface area (Å²) in [5.74, 6) is 1.60. The van der Waals surface area contributed by atoms with Crippen LogP contribution in [0.25, 0.3) is 0 Å². The van der Waals surface area contributed by atoms with Gasteiger partial charge in [0.1, 0.15) is 0 Å². The predicted molar refractivity (Wildman–Crippen MR) is 113 cm³/mol. The second-order valence-corrected chi connectivity index (χ2v) is 9.06. The molecule has 0 spiro atoms. The highest BCUT2D eigenvalue weighted by Crippen LogP contribution is 2.30. The lowest BCUT2D eigenvalue weighted by Gasteiger charge is -2.31. The summed E-state index contributed by atoms with van der Waals surface area (Å²) in [4.78, 5) is 14.4. The van der Waals surface area contributed by atoms with E-state index in [4.69, 9.17) is 11.6 Å². The Labute approximate surface area is 169 Å². The summed E-state index contributed by atoms with van der Waals surface area (Å²) in [6, 6.07) is 6.82. The summed E-state index contributed by atoms with van der Waals surface area (Å²) < 4.78 is 0. The minimum absolute atomic E-state index is 0.235. The van der Waals surface area contributed by atoms with E-state index in [9.17, 15) is 4.79 Å². The smallest absolute Gasteiger partial charge is 0.220 e. The van der Waals surface area contributed by atoms with Gasteiger partial charge < -0.3 is 10.2 Å². The second-order valence-electron chi connectivity index (χ2n) is 8.62. The molecule has 1 atom stereocenters. The molecule has 2 aliphatic rings. The normalized spacial score (nSPS) is 26.3. The largest absolute Gasteiger partial charge is 0.353 e. The third-order valence-corrected chi connectivity index (χ3v) is 6.65. The number of hydrogen-bond donors (Lipinski definition) is 1. The molecular formula is C23H35ClN2O. The van der Waals surface area contributed by atoms with Crippen LogP contribution in [-0.4, -0.2) is 36.5 Å². The summed E-state index contributed by atoms with van der Waals surface area (Å²) in [7, 11) is 0. The van der Waals surface area contributed by atoms with Crippen LogP contribution >= 0.6 is 11.6 Å². The highest BCUT2D eigenvalue weighted by atomic mass is 35.5. The van der Waals surface area contributed by atoms with Crippen LogP contribution in [0.2, 0.25) is 5.02 Å². The van der Waals surface area contributed by atoms with Gasteiger partial charge in [-0.05, 0) is 86.6 Å². The van der Waals surface area contributed by atoms with Gasteiger partial charge in [-0.15, -0.1) is 0 Å². The van der Waals surface area contributed by atoms with Crippen molar-refractivity contribution in [2.24, 2.45) is 5.92 Å². The number of nitrogens with one attached hydrogen (secondary N) is 1. The third kappa shape index (κ3) is 5.96. The first-order chi connectivity index (χ1) is 13.0. The Kier molecular flexibility index (Phi) is 7.60. The van der Waals surface area contributed by atoms with Gasteiger partial charge in [-0.25, -0.2) is 0 Å². The molecule has 0 unspecified atom stereocenters. The van der Waals surface area contributed by atoms with Gasteiger partial charge in [0.05, 0.1) is 0 Å². The molecule has 3 nitrogen and oxygen atoms in total. The molecule has 1 aliphatic carbocycles. The van der Waals surface area contributed by atoms with Crippen molar-refractivity contribution in [3.63, 3.8) is 0 Å². The number of carbonyl (C=O) groups excluding carboxylic acids is 1. The van der Waals surface area contributed by atoms with Gasteiger partial charge >= 0.3 is 0 Å². The van der Waals surface area contributed by atoms with E-state index in [1.165, 1.54) is 36.9 Å². The molecule has 0 bridgehead atoms. The first kappa shape index (κ1) is 20.7. The quantitative estimate of drug-likeness (QED) is 0.726. The molecule has 3 rings (SSSR count).